The Morgan fingerprint density at radius 2 is 1.78 bits per heavy atom. The maximum atomic E-state index is 12.8. The zero-order valence-electron chi connectivity index (χ0n) is 17.7. The third kappa shape index (κ3) is 4.61. The van der Waals surface area contributed by atoms with Crippen LogP contribution < -0.4 is 10.1 Å². The molecule has 1 N–H and O–H groups in total. The molecular weight excluding hydrogens is 428 g/mol. The summed E-state index contributed by atoms with van der Waals surface area (Å²) in [6.07, 6.45) is 2.83. The van der Waals surface area contributed by atoms with Crippen LogP contribution in [0.4, 0.5) is 11.6 Å². The van der Waals surface area contributed by atoms with Crippen molar-refractivity contribution in [1.29, 1.82) is 5.26 Å². The first-order chi connectivity index (χ1) is 15.5. The minimum atomic E-state index is -3.51. The molecule has 0 amide bonds. The number of hydrogen-bond acceptors (Lipinski definition) is 7. The molecule has 166 valence electrons. The van der Waals surface area contributed by atoms with Crippen LogP contribution in [0.1, 0.15) is 31.9 Å². The molecule has 2 heterocycles. The van der Waals surface area contributed by atoms with Gasteiger partial charge in [-0.05, 0) is 68.3 Å². The normalized spacial score (nSPS) is 14.6. The standard InChI is InChI=1S/C23H24N4O4S/c1-2-30-19-10-8-18(9-11-19)25-23-21(16-24)26-22(31-23)17-6-12-20(13-7-17)32(28,29)27-14-4-3-5-15-27/h6-13,25H,2-5,14-15H2,1H3. The van der Waals surface area contributed by atoms with E-state index in [4.69, 9.17) is 9.15 Å². The van der Waals surface area contributed by atoms with E-state index in [1.54, 1.807) is 24.3 Å². The fourth-order valence-corrected chi connectivity index (χ4v) is 5.08. The Morgan fingerprint density at radius 3 is 2.41 bits per heavy atom. The number of rotatable bonds is 7. The number of anilines is 2. The minimum Gasteiger partial charge on any atom is -0.494 e. The van der Waals surface area contributed by atoms with E-state index in [0.717, 1.165) is 30.7 Å². The van der Waals surface area contributed by atoms with Crippen LogP contribution in [0.25, 0.3) is 11.5 Å². The monoisotopic (exact) mass is 452 g/mol. The smallest absolute Gasteiger partial charge is 0.243 e. The van der Waals surface area contributed by atoms with Crippen molar-refractivity contribution in [2.45, 2.75) is 31.1 Å². The Labute approximate surface area is 187 Å². The third-order valence-electron chi connectivity index (χ3n) is 5.21. The number of sulfonamides is 1. The fourth-order valence-electron chi connectivity index (χ4n) is 3.56. The van der Waals surface area contributed by atoms with Crippen LogP contribution in [-0.4, -0.2) is 37.4 Å². The average molecular weight is 453 g/mol. The van der Waals surface area contributed by atoms with Crippen molar-refractivity contribution < 1.29 is 17.6 Å². The number of aromatic nitrogens is 1. The highest BCUT2D eigenvalue weighted by Crippen LogP contribution is 2.30. The van der Waals surface area contributed by atoms with Crippen molar-refractivity contribution in [2.24, 2.45) is 0 Å². The zero-order valence-corrected chi connectivity index (χ0v) is 18.6. The van der Waals surface area contributed by atoms with E-state index >= 15 is 0 Å². The summed E-state index contributed by atoms with van der Waals surface area (Å²) >= 11 is 0. The highest BCUT2D eigenvalue weighted by atomic mass is 32.2. The quantitative estimate of drug-likeness (QED) is 0.561. The van der Waals surface area contributed by atoms with Gasteiger partial charge in [0, 0.05) is 24.3 Å². The molecular formula is C23H24N4O4S. The lowest BCUT2D eigenvalue weighted by Gasteiger charge is -2.25. The molecule has 3 aromatic rings. The molecule has 0 aliphatic carbocycles. The van der Waals surface area contributed by atoms with Crippen molar-refractivity contribution in [2.75, 3.05) is 25.0 Å². The van der Waals surface area contributed by atoms with Gasteiger partial charge in [-0.25, -0.2) is 8.42 Å². The predicted octanol–water partition coefficient (Wildman–Crippen LogP) is 4.53. The Morgan fingerprint density at radius 1 is 1.09 bits per heavy atom. The fraction of sp³-hybridized carbons (Fsp3) is 0.304. The Balaban J connectivity index is 1.54. The number of nitrogens with one attached hydrogen (secondary N) is 1. The first-order valence-electron chi connectivity index (χ1n) is 10.5. The van der Waals surface area contributed by atoms with Gasteiger partial charge in [0.15, 0.2) is 0 Å². The van der Waals surface area contributed by atoms with Crippen LogP contribution in [-0.2, 0) is 10.0 Å². The first-order valence-corrected chi connectivity index (χ1v) is 12.0. The first kappa shape index (κ1) is 21.9. The van der Waals surface area contributed by atoms with Gasteiger partial charge in [-0.3, -0.25) is 0 Å². The molecule has 1 aromatic heterocycles. The molecule has 0 bridgehead atoms. The Kier molecular flexibility index (Phi) is 6.44. The van der Waals surface area contributed by atoms with Gasteiger partial charge in [0.05, 0.1) is 11.5 Å². The van der Waals surface area contributed by atoms with Crippen molar-refractivity contribution in [1.82, 2.24) is 9.29 Å². The summed E-state index contributed by atoms with van der Waals surface area (Å²) in [7, 11) is -3.51. The maximum Gasteiger partial charge on any atom is 0.243 e. The molecule has 1 saturated heterocycles. The van der Waals surface area contributed by atoms with Gasteiger partial charge in [-0.2, -0.15) is 14.6 Å². The molecule has 0 unspecified atom stereocenters. The van der Waals surface area contributed by atoms with Crippen LogP contribution in [0, 0.1) is 11.3 Å². The van der Waals surface area contributed by atoms with Crippen molar-refractivity contribution in [3.05, 3.63) is 54.2 Å². The van der Waals surface area contributed by atoms with Crippen molar-refractivity contribution >= 4 is 21.6 Å². The van der Waals surface area contributed by atoms with Crippen LogP contribution in [0.2, 0.25) is 0 Å². The number of nitrogens with zero attached hydrogens (tertiary/aromatic N) is 3. The molecule has 4 rings (SSSR count). The molecule has 0 saturated carbocycles. The van der Waals surface area contributed by atoms with Gasteiger partial charge in [0.25, 0.3) is 0 Å². The molecule has 1 aliphatic rings. The predicted molar refractivity (Wildman–Crippen MR) is 120 cm³/mol. The number of benzene rings is 2. The molecule has 2 aromatic carbocycles. The molecule has 8 nitrogen and oxygen atoms in total. The summed E-state index contributed by atoms with van der Waals surface area (Å²) in [5.74, 6) is 1.20. The lowest BCUT2D eigenvalue weighted by Crippen LogP contribution is -2.35. The number of piperidine rings is 1. The second kappa shape index (κ2) is 9.42. The zero-order chi connectivity index (χ0) is 22.6. The number of oxazole rings is 1. The van der Waals surface area contributed by atoms with Gasteiger partial charge >= 0.3 is 0 Å². The van der Waals surface area contributed by atoms with E-state index < -0.39 is 10.0 Å². The average Bonchev–Trinajstić information content (AvgIpc) is 3.24. The van der Waals surface area contributed by atoms with Gasteiger partial charge in [0.2, 0.25) is 27.5 Å². The number of hydrogen-bond donors (Lipinski definition) is 1. The van der Waals surface area contributed by atoms with Gasteiger partial charge < -0.3 is 14.5 Å². The van der Waals surface area contributed by atoms with Gasteiger partial charge in [0.1, 0.15) is 11.8 Å². The molecule has 32 heavy (non-hydrogen) atoms. The maximum absolute atomic E-state index is 12.8. The van der Waals surface area contributed by atoms with E-state index in [2.05, 4.69) is 10.3 Å². The summed E-state index contributed by atoms with van der Waals surface area (Å²) in [6, 6.07) is 15.7. The van der Waals surface area contributed by atoms with Crippen LogP contribution >= 0.6 is 0 Å². The van der Waals surface area contributed by atoms with E-state index in [0.29, 0.717) is 25.3 Å². The molecule has 0 radical (unpaired) electrons. The molecule has 0 spiro atoms. The third-order valence-corrected chi connectivity index (χ3v) is 7.12. The molecule has 0 atom stereocenters. The molecule has 1 aliphatic heterocycles. The molecule has 9 heteroatoms. The van der Waals surface area contributed by atoms with Crippen LogP contribution in [0.3, 0.4) is 0 Å². The highest BCUT2D eigenvalue weighted by molar-refractivity contribution is 7.89. The topological polar surface area (TPSA) is 108 Å². The van der Waals surface area contributed by atoms with Gasteiger partial charge in [-0.15, -0.1) is 0 Å². The summed E-state index contributed by atoms with van der Waals surface area (Å²) in [5.41, 5.74) is 1.41. The van der Waals surface area contributed by atoms with E-state index in [1.165, 1.54) is 4.31 Å². The Hall–Kier alpha value is -3.35. The summed E-state index contributed by atoms with van der Waals surface area (Å²) in [6.45, 7) is 3.60. The molecule has 1 fully saturated rings. The lowest BCUT2D eigenvalue weighted by molar-refractivity contribution is 0.340. The van der Waals surface area contributed by atoms with Crippen LogP contribution in [0.5, 0.6) is 5.75 Å². The number of nitriles is 1. The number of ether oxygens (including phenoxy) is 1. The SMILES string of the molecule is CCOc1ccc(Nc2oc(-c3ccc(S(=O)(=O)N4CCCCC4)cc3)nc2C#N)cc1. The summed E-state index contributed by atoms with van der Waals surface area (Å²) in [4.78, 5) is 4.49. The Bertz CT molecular complexity index is 1210. The second-order valence-electron chi connectivity index (χ2n) is 7.38. The van der Waals surface area contributed by atoms with E-state index in [1.807, 2.05) is 37.3 Å². The van der Waals surface area contributed by atoms with Crippen molar-refractivity contribution in [3.8, 4) is 23.3 Å². The second-order valence-corrected chi connectivity index (χ2v) is 9.32. The minimum absolute atomic E-state index is 0.110. The van der Waals surface area contributed by atoms with E-state index in [9.17, 15) is 13.7 Å². The van der Waals surface area contributed by atoms with Crippen LogP contribution in [0.15, 0.2) is 57.8 Å². The van der Waals surface area contributed by atoms with E-state index in [-0.39, 0.29) is 22.4 Å². The largest absolute Gasteiger partial charge is 0.494 e. The summed E-state index contributed by atoms with van der Waals surface area (Å²) < 4.78 is 38.4. The summed E-state index contributed by atoms with van der Waals surface area (Å²) in [5, 5.41) is 12.5. The lowest BCUT2D eigenvalue weighted by atomic mass is 10.2. The van der Waals surface area contributed by atoms with Gasteiger partial charge in [-0.1, -0.05) is 6.42 Å². The highest BCUT2D eigenvalue weighted by Gasteiger charge is 2.26. The van der Waals surface area contributed by atoms with Crippen molar-refractivity contribution in [3.63, 3.8) is 0 Å².